The van der Waals surface area contributed by atoms with E-state index in [4.69, 9.17) is 0 Å². The summed E-state index contributed by atoms with van der Waals surface area (Å²) >= 11 is 0. The molecule has 27 heavy (non-hydrogen) atoms. The van der Waals surface area contributed by atoms with Crippen molar-refractivity contribution in [1.29, 1.82) is 0 Å². The van der Waals surface area contributed by atoms with Crippen LogP contribution in [0.2, 0.25) is 0 Å². The lowest BCUT2D eigenvalue weighted by atomic mass is 10.1. The van der Waals surface area contributed by atoms with Gasteiger partial charge in [0.2, 0.25) is 15.9 Å². The van der Waals surface area contributed by atoms with E-state index in [0.29, 0.717) is 6.54 Å². The molecule has 0 radical (unpaired) electrons. The van der Waals surface area contributed by atoms with Gasteiger partial charge in [-0.3, -0.25) is 4.79 Å². The number of benzene rings is 2. The number of rotatable bonds is 10. The van der Waals surface area contributed by atoms with Crippen molar-refractivity contribution < 1.29 is 17.6 Å². The zero-order valence-electron chi connectivity index (χ0n) is 15.4. The number of nitrogens with zero attached hydrogens (tertiary/aromatic N) is 1. The Bertz CT molecular complexity index is 841. The van der Waals surface area contributed by atoms with E-state index in [9.17, 15) is 17.6 Å². The summed E-state index contributed by atoms with van der Waals surface area (Å²) in [5, 5.41) is 2.80. The number of carbonyl (C=O) groups is 1. The van der Waals surface area contributed by atoms with Crippen LogP contribution in [0.25, 0.3) is 0 Å². The molecule has 0 aliphatic heterocycles. The van der Waals surface area contributed by atoms with Crippen molar-refractivity contribution in [2.45, 2.75) is 25.8 Å². The Balaban J connectivity index is 1.78. The average Bonchev–Trinajstić information content (AvgIpc) is 2.63. The molecule has 0 atom stereocenters. The molecule has 0 aliphatic carbocycles. The van der Waals surface area contributed by atoms with Crippen LogP contribution in [0.15, 0.2) is 54.6 Å². The van der Waals surface area contributed by atoms with E-state index in [2.05, 4.69) is 5.32 Å². The number of hydrogen-bond acceptors (Lipinski definition) is 3. The highest BCUT2D eigenvalue weighted by molar-refractivity contribution is 7.88. The Hall–Kier alpha value is -2.25. The van der Waals surface area contributed by atoms with Gasteiger partial charge in [-0.2, -0.15) is 4.31 Å². The summed E-state index contributed by atoms with van der Waals surface area (Å²) in [5.41, 5.74) is 1.49. The number of nitrogens with one attached hydrogen (secondary N) is 1. The first kappa shape index (κ1) is 21.1. The maximum Gasteiger partial charge on any atom is 0.221 e. The minimum absolute atomic E-state index is 0.0116. The predicted molar refractivity (Wildman–Crippen MR) is 104 cm³/mol. The van der Waals surface area contributed by atoms with Crippen LogP contribution in [0.4, 0.5) is 4.39 Å². The summed E-state index contributed by atoms with van der Waals surface area (Å²) in [5.74, 6) is -0.679. The normalized spacial score (nSPS) is 11.5. The molecule has 0 aliphatic rings. The van der Waals surface area contributed by atoms with Gasteiger partial charge in [0.15, 0.2) is 0 Å². The fourth-order valence-electron chi connectivity index (χ4n) is 2.66. The second-order valence-electron chi connectivity index (χ2n) is 6.38. The molecule has 2 aromatic rings. The van der Waals surface area contributed by atoms with Crippen molar-refractivity contribution in [3.63, 3.8) is 0 Å². The Morgan fingerprint density at radius 2 is 1.74 bits per heavy atom. The van der Waals surface area contributed by atoms with Crippen LogP contribution in [0.3, 0.4) is 0 Å². The fourth-order valence-corrected chi connectivity index (χ4v) is 3.45. The van der Waals surface area contributed by atoms with Crippen molar-refractivity contribution >= 4 is 15.9 Å². The van der Waals surface area contributed by atoms with Crippen molar-refractivity contribution in [1.82, 2.24) is 9.62 Å². The number of aryl methyl sites for hydroxylation is 1. The predicted octanol–water partition coefficient (Wildman–Crippen LogP) is 2.73. The van der Waals surface area contributed by atoms with Crippen LogP contribution < -0.4 is 5.32 Å². The lowest BCUT2D eigenvalue weighted by Gasteiger charge is -2.20. The Labute approximate surface area is 160 Å². The van der Waals surface area contributed by atoms with E-state index >= 15 is 0 Å². The van der Waals surface area contributed by atoms with Crippen LogP contribution in [0.1, 0.15) is 24.0 Å². The summed E-state index contributed by atoms with van der Waals surface area (Å²) in [6, 6.07) is 16.0. The molecule has 0 saturated carbocycles. The molecule has 2 aromatic carbocycles. The maximum atomic E-state index is 13.8. The lowest BCUT2D eigenvalue weighted by Crippen LogP contribution is -2.34. The lowest BCUT2D eigenvalue weighted by molar-refractivity contribution is -0.121. The monoisotopic (exact) mass is 392 g/mol. The van der Waals surface area contributed by atoms with E-state index < -0.39 is 15.8 Å². The molecule has 0 aromatic heterocycles. The first-order valence-electron chi connectivity index (χ1n) is 8.85. The van der Waals surface area contributed by atoms with E-state index in [1.165, 1.54) is 17.7 Å². The molecule has 0 heterocycles. The van der Waals surface area contributed by atoms with Crippen LogP contribution >= 0.6 is 0 Å². The Morgan fingerprint density at radius 3 is 2.41 bits per heavy atom. The zero-order chi connectivity index (χ0) is 19.7. The fraction of sp³-hybridized carbons (Fsp3) is 0.350. The first-order valence-corrected chi connectivity index (χ1v) is 10.7. The quantitative estimate of drug-likeness (QED) is 0.632. The van der Waals surface area contributed by atoms with Gasteiger partial charge in [0.1, 0.15) is 5.82 Å². The molecule has 0 bridgehead atoms. The topological polar surface area (TPSA) is 66.5 Å². The molecular formula is C20H25FN2O3S. The average molecular weight is 392 g/mol. The van der Waals surface area contributed by atoms with Crippen molar-refractivity contribution in [3.8, 4) is 0 Å². The smallest absolute Gasteiger partial charge is 0.221 e. The Kier molecular flexibility index (Phi) is 7.94. The van der Waals surface area contributed by atoms with Gasteiger partial charge in [-0.05, 0) is 24.5 Å². The largest absolute Gasteiger partial charge is 0.356 e. The van der Waals surface area contributed by atoms with Gasteiger partial charge in [0.05, 0.1) is 6.26 Å². The number of amides is 1. The van der Waals surface area contributed by atoms with Crippen LogP contribution in [-0.2, 0) is 27.8 Å². The highest BCUT2D eigenvalue weighted by atomic mass is 32.2. The van der Waals surface area contributed by atoms with Gasteiger partial charge in [-0.25, -0.2) is 12.8 Å². The molecule has 146 valence electrons. The van der Waals surface area contributed by atoms with E-state index in [1.54, 1.807) is 12.1 Å². The van der Waals surface area contributed by atoms with Crippen molar-refractivity contribution in [3.05, 3.63) is 71.5 Å². The summed E-state index contributed by atoms with van der Waals surface area (Å²) in [6.07, 6.45) is 2.77. The molecule has 5 nitrogen and oxygen atoms in total. The number of carbonyl (C=O) groups excluding carboxylic acids is 1. The highest BCUT2D eigenvalue weighted by Gasteiger charge is 2.19. The minimum Gasteiger partial charge on any atom is -0.356 e. The first-order chi connectivity index (χ1) is 12.9. The molecule has 0 unspecified atom stereocenters. The van der Waals surface area contributed by atoms with Gasteiger partial charge >= 0.3 is 0 Å². The summed E-state index contributed by atoms with van der Waals surface area (Å²) < 4.78 is 38.8. The highest BCUT2D eigenvalue weighted by Crippen LogP contribution is 2.12. The van der Waals surface area contributed by atoms with E-state index in [-0.39, 0.29) is 31.0 Å². The molecule has 0 spiro atoms. The van der Waals surface area contributed by atoms with E-state index in [1.807, 2.05) is 30.3 Å². The molecule has 0 fully saturated rings. The number of sulfonamides is 1. The van der Waals surface area contributed by atoms with Gasteiger partial charge < -0.3 is 5.32 Å². The second kappa shape index (κ2) is 10.2. The summed E-state index contributed by atoms with van der Waals surface area (Å²) in [6.45, 7) is 0.449. The third kappa shape index (κ3) is 7.48. The van der Waals surface area contributed by atoms with Crippen molar-refractivity contribution in [2.24, 2.45) is 0 Å². The molecule has 0 saturated heterocycles. The molecule has 2 rings (SSSR count). The van der Waals surface area contributed by atoms with Gasteiger partial charge in [-0.15, -0.1) is 0 Å². The second-order valence-corrected chi connectivity index (χ2v) is 8.36. The number of hydrogen-bond donors (Lipinski definition) is 1. The summed E-state index contributed by atoms with van der Waals surface area (Å²) in [4.78, 5) is 12.0. The van der Waals surface area contributed by atoms with Crippen LogP contribution in [-0.4, -0.2) is 38.0 Å². The molecular weight excluding hydrogens is 367 g/mol. The van der Waals surface area contributed by atoms with Gasteiger partial charge in [0, 0.05) is 31.6 Å². The zero-order valence-corrected chi connectivity index (χ0v) is 16.2. The third-order valence-electron chi connectivity index (χ3n) is 4.17. The maximum absolute atomic E-state index is 13.8. The molecule has 1 N–H and O–H groups in total. The standard InChI is InChI=1S/C20H25FN2O3S/c1-27(25,26)23(16-18-11-5-6-12-19(18)21)15-13-20(24)22-14-7-10-17-8-3-2-4-9-17/h2-6,8-9,11-12H,7,10,13-16H2,1H3,(H,22,24). The molecule has 1 amide bonds. The van der Waals surface area contributed by atoms with Crippen LogP contribution in [0, 0.1) is 5.82 Å². The van der Waals surface area contributed by atoms with E-state index in [0.717, 1.165) is 23.4 Å². The van der Waals surface area contributed by atoms with Gasteiger partial charge in [-0.1, -0.05) is 48.5 Å². The van der Waals surface area contributed by atoms with Gasteiger partial charge in [0.25, 0.3) is 0 Å². The minimum atomic E-state index is -3.55. The molecule has 7 heteroatoms. The SMILES string of the molecule is CS(=O)(=O)N(CCC(=O)NCCCc1ccccc1)Cc1ccccc1F. The Morgan fingerprint density at radius 1 is 1.07 bits per heavy atom. The van der Waals surface area contributed by atoms with Crippen LogP contribution in [0.5, 0.6) is 0 Å². The van der Waals surface area contributed by atoms with Crippen molar-refractivity contribution in [2.75, 3.05) is 19.3 Å². The third-order valence-corrected chi connectivity index (χ3v) is 5.42. The summed E-state index contributed by atoms with van der Waals surface area (Å²) in [7, 11) is -3.55. The number of halogens is 1.